The van der Waals surface area contributed by atoms with Crippen molar-refractivity contribution in [2.45, 2.75) is 6.42 Å². The minimum atomic E-state index is -0.281. The number of aliphatic hydroxyl groups is 1. The van der Waals surface area contributed by atoms with E-state index in [4.69, 9.17) is 4.42 Å². The van der Waals surface area contributed by atoms with Gasteiger partial charge >= 0.3 is 0 Å². The maximum atomic E-state index is 12.9. The van der Waals surface area contributed by atoms with Crippen LogP contribution in [-0.4, -0.2) is 33.8 Å². The van der Waals surface area contributed by atoms with Crippen molar-refractivity contribution in [2.75, 3.05) is 13.6 Å². The van der Waals surface area contributed by atoms with E-state index in [1.807, 2.05) is 18.1 Å². The predicted octanol–water partition coefficient (Wildman–Crippen LogP) is 2.53. The molecule has 1 aliphatic heterocycles. The quantitative estimate of drug-likeness (QED) is 0.940. The number of nitrogens with zero attached hydrogens (tertiary/aromatic N) is 3. The molecule has 0 unspecified atom stereocenters. The van der Waals surface area contributed by atoms with Gasteiger partial charge in [0.05, 0.1) is 18.5 Å². The van der Waals surface area contributed by atoms with Gasteiger partial charge in [-0.05, 0) is 23.8 Å². The van der Waals surface area contributed by atoms with Crippen molar-refractivity contribution in [3.63, 3.8) is 0 Å². The zero-order valence-corrected chi connectivity index (χ0v) is 11.5. The fourth-order valence-corrected chi connectivity index (χ4v) is 2.08. The lowest BCUT2D eigenvalue weighted by atomic mass is 10.1. The Morgan fingerprint density at radius 2 is 2.05 bits per heavy atom. The van der Waals surface area contributed by atoms with Crippen LogP contribution in [0, 0.1) is 5.82 Å². The van der Waals surface area contributed by atoms with Crippen LogP contribution < -0.4 is 0 Å². The van der Waals surface area contributed by atoms with Crippen LogP contribution in [0.25, 0.3) is 5.57 Å². The number of hydrogen-bond donors (Lipinski definition) is 1. The molecule has 0 saturated carbocycles. The Labute approximate surface area is 121 Å². The minimum Gasteiger partial charge on any atom is -0.510 e. The molecule has 2 heterocycles. The molecule has 0 radical (unpaired) electrons. The average Bonchev–Trinajstić information content (AvgIpc) is 2.90. The van der Waals surface area contributed by atoms with Gasteiger partial charge in [0, 0.05) is 13.2 Å². The van der Waals surface area contributed by atoms with Gasteiger partial charge in [0.1, 0.15) is 11.6 Å². The van der Waals surface area contributed by atoms with Gasteiger partial charge in [-0.2, -0.15) is 0 Å². The molecule has 0 atom stereocenters. The Hall–Kier alpha value is -2.63. The molecular formula is C15H14FN3O2. The van der Waals surface area contributed by atoms with Crippen molar-refractivity contribution >= 4 is 5.57 Å². The summed E-state index contributed by atoms with van der Waals surface area (Å²) in [4.78, 5) is 1.84. The zero-order chi connectivity index (χ0) is 14.8. The molecule has 5 nitrogen and oxygen atoms in total. The Kier molecular flexibility index (Phi) is 3.43. The van der Waals surface area contributed by atoms with Crippen LogP contribution in [0.2, 0.25) is 0 Å². The second kappa shape index (κ2) is 5.40. The summed E-state index contributed by atoms with van der Waals surface area (Å²) in [5.74, 6) is 0.617. The lowest BCUT2D eigenvalue weighted by molar-refractivity contribution is 0.337. The molecule has 0 spiro atoms. The number of aromatic nitrogens is 2. The third-order valence-electron chi connectivity index (χ3n) is 3.17. The van der Waals surface area contributed by atoms with E-state index in [1.165, 1.54) is 12.1 Å². The van der Waals surface area contributed by atoms with Gasteiger partial charge < -0.3 is 14.4 Å². The molecular weight excluding hydrogens is 273 g/mol. The van der Waals surface area contributed by atoms with Gasteiger partial charge in [0.15, 0.2) is 0 Å². The van der Waals surface area contributed by atoms with Gasteiger partial charge in [-0.25, -0.2) is 4.39 Å². The van der Waals surface area contributed by atoms with E-state index < -0.39 is 0 Å². The van der Waals surface area contributed by atoms with Crippen LogP contribution in [0.3, 0.4) is 0 Å². The summed E-state index contributed by atoms with van der Waals surface area (Å²) in [6.07, 6.45) is 3.98. The molecule has 0 amide bonds. The monoisotopic (exact) mass is 287 g/mol. The Bertz CT molecular complexity index is 704. The van der Waals surface area contributed by atoms with E-state index in [2.05, 4.69) is 10.2 Å². The molecule has 0 fully saturated rings. The Balaban J connectivity index is 1.79. The van der Waals surface area contributed by atoms with Crippen molar-refractivity contribution in [2.24, 2.45) is 0 Å². The molecule has 0 saturated heterocycles. The molecule has 2 aromatic rings. The van der Waals surface area contributed by atoms with Crippen molar-refractivity contribution in [1.82, 2.24) is 15.1 Å². The topological polar surface area (TPSA) is 62.4 Å². The summed E-state index contributed by atoms with van der Waals surface area (Å²) >= 11 is 0. The Morgan fingerprint density at radius 1 is 1.29 bits per heavy atom. The highest BCUT2D eigenvalue weighted by Crippen LogP contribution is 2.22. The molecule has 1 aromatic heterocycles. The van der Waals surface area contributed by atoms with Crippen molar-refractivity contribution in [3.05, 3.63) is 65.5 Å². The highest BCUT2D eigenvalue weighted by Gasteiger charge is 2.17. The van der Waals surface area contributed by atoms with E-state index in [0.717, 1.165) is 5.56 Å². The summed E-state index contributed by atoms with van der Waals surface area (Å²) in [5.41, 5.74) is 1.41. The van der Waals surface area contributed by atoms with Crippen LogP contribution in [0.15, 0.2) is 46.7 Å². The van der Waals surface area contributed by atoms with Crippen molar-refractivity contribution < 1.29 is 13.9 Å². The molecule has 21 heavy (non-hydrogen) atoms. The van der Waals surface area contributed by atoms with Crippen molar-refractivity contribution in [1.29, 1.82) is 0 Å². The lowest BCUT2D eigenvalue weighted by Gasteiger charge is -2.18. The molecule has 1 aromatic carbocycles. The predicted molar refractivity (Wildman–Crippen MR) is 74.8 cm³/mol. The number of rotatable bonds is 3. The fraction of sp³-hybridized carbons (Fsp3) is 0.200. The van der Waals surface area contributed by atoms with Crippen LogP contribution in [-0.2, 0) is 6.42 Å². The molecule has 3 rings (SSSR count). The van der Waals surface area contributed by atoms with Gasteiger partial charge in [-0.1, -0.05) is 12.1 Å². The first kappa shape index (κ1) is 13.4. The third-order valence-corrected chi connectivity index (χ3v) is 3.17. The van der Waals surface area contributed by atoms with E-state index in [0.29, 0.717) is 24.4 Å². The molecule has 0 bridgehead atoms. The summed E-state index contributed by atoms with van der Waals surface area (Å²) in [5, 5.41) is 17.8. The van der Waals surface area contributed by atoms with E-state index >= 15 is 0 Å². The molecule has 1 N–H and O–H groups in total. The number of hydrogen-bond acceptors (Lipinski definition) is 5. The van der Waals surface area contributed by atoms with Crippen LogP contribution in [0.5, 0.6) is 0 Å². The summed E-state index contributed by atoms with van der Waals surface area (Å²) < 4.78 is 18.4. The van der Waals surface area contributed by atoms with E-state index in [9.17, 15) is 9.50 Å². The summed E-state index contributed by atoms with van der Waals surface area (Å²) in [6.45, 7) is 0.404. The van der Waals surface area contributed by atoms with E-state index in [-0.39, 0.29) is 17.5 Å². The van der Waals surface area contributed by atoms with Crippen molar-refractivity contribution in [3.8, 4) is 0 Å². The van der Waals surface area contributed by atoms with Gasteiger partial charge in [-0.15, -0.1) is 10.2 Å². The second-order valence-corrected chi connectivity index (χ2v) is 4.90. The average molecular weight is 287 g/mol. The van der Waals surface area contributed by atoms with Gasteiger partial charge in [-0.3, -0.25) is 0 Å². The highest BCUT2D eigenvalue weighted by atomic mass is 19.1. The van der Waals surface area contributed by atoms with Gasteiger partial charge in [0.25, 0.3) is 5.89 Å². The fourth-order valence-electron chi connectivity index (χ4n) is 2.08. The molecule has 6 heteroatoms. The third kappa shape index (κ3) is 2.94. The molecule has 1 aliphatic rings. The first-order valence-corrected chi connectivity index (χ1v) is 6.49. The summed E-state index contributed by atoms with van der Waals surface area (Å²) in [7, 11) is 1.86. The van der Waals surface area contributed by atoms with Gasteiger partial charge in [0.2, 0.25) is 5.89 Å². The largest absolute Gasteiger partial charge is 0.510 e. The smallest absolute Gasteiger partial charge is 0.251 e. The maximum absolute atomic E-state index is 12.9. The standard InChI is InChI=1S/C15H14FN3O2/c1-19-7-6-12(13(20)9-19)15-18-17-14(21-15)8-10-2-4-11(16)5-3-10/h2-7,20H,8-9H2,1H3. The summed E-state index contributed by atoms with van der Waals surface area (Å²) in [6, 6.07) is 6.12. The number of benzene rings is 1. The minimum absolute atomic E-state index is 0.192. The highest BCUT2D eigenvalue weighted by molar-refractivity contribution is 5.71. The Morgan fingerprint density at radius 3 is 2.76 bits per heavy atom. The first-order valence-electron chi connectivity index (χ1n) is 6.49. The molecule has 0 aliphatic carbocycles. The first-order chi connectivity index (χ1) is 10.1. The molecule has 108 valence electrons. The van der Waals surface area contributed by atoms with E-state index in [1.54, 1.807) is 18.2 Å². The number of aliphatic hydroxyl groups excluding tert-OH is 1. The van der Waals surface area contributed by atoms with Crippen LogP contribution in [0.4, 0.5) is 4.39 Å². The number of allylic oxidation sites excluding steroid dienone is 2. The SMILES string of the molecule is CN1C=CC(c2nnc(Cc3ccc(F)cc3)o2)=C(O)C1. The zero-order valence-electron chi connectivity index (χ0n) is 11.5. The second-order valence-electron chi connectivity index (χ2n) is 4.90. The number of likely N-dealkylation sites (N-methyl/N-ethyl adjacent to an activating group) is 1. The van der Waals surface area contributed by atoms with Crippen LogP contribution in [0.1, 0.15) is 17.3 Å². The number of halogens is 1. The maximum Gasteiger partial charge on any atom is 0.251 e. The lowest BCUT2D eigenvalue weighted by Crippen LogP contribution is -2.18. The normalized spacial score (nSPS) is 14.9. The van der Waals surface area contributed by atoms with Crippen LogP contribution >= 0.6 is 0 Å².